The van der Waals surface area contributed by atoms with Crippen LogP contribution in [-0.4, -0.2) is 37.2 Å². The Morgan fingerprint density at radius 3 is 2.40 bits per heavy atom. The van der Waals surface area contributed by atoms with Crippen molar-refractivity contribution in [3.05, 3.63) is 23.8 Å². The normalized spacial score (nSPS) is 19.7. The Hall–Kier alpha value is -0.600. The molecule has 0 aromatic heterocycles. The van der Waals surface area contributed by atoms with Crippen LogP contribution in [0.3, 0.4) is 0 Å². The fourth-order valence-electron chi connectivity index (χ4n) is 1.90. The van der Waals surface area contributed by atoms with Crippen LogP contribution >= 0.6 is 0 Å². The van der Waals surface area contributed by atoms with Crippen molar-refractivity contribution in [3.8, 4) is 0 Å². The summed E-state index contributed by atoms with van der Waals surface area (Å²) in [5, 5.41) is 0. The molecule has 0 aliphatic carbocycles. The summed E-state index contributed by atoms with van der Waals surface area (Å²) in [6.45, 7) is 14.3. The second-order valence-corrected chi connectivity index (χ2v) is 4.53. The van der Waals surface area contributed by atoms with Crippen molar-refractivity contribution >= 4 is 0 Å². The maximum absolute atomic E-state index is 5.37. The first-order valence-electron chi connectivity index (χ1n) is 5.72. The van der Waals surface area contributed by atoms with Gasteiger partial charge in [0, 0.05) is 19.1 Å². The molecule has 1 aliphatic rings. The summed E-state index contributed by atoms with van der Waals surface area (Å²) in [5.74, 6) is 0. The number of rotatable bonds is 4. The van der Waals surface area contributed by atoms with E-state index in [0.717, 1.165) is 32.7 Å². The van der Waals surface area contributed by atoms with E-state index >= 15 is 0 Å². The molecule has 1 heterocycles. The zero-order valence-electron chi connectivity index (χ0n) is 10.3. The fraction of sp³-hybridized carbons (Fsp3) is 0.692. The summed E-state index contributed by atoms with van der Waals surface area (Å²) in [4.78, 5) is 2.48. The molecule has 0 amide bonds. The molecule has 0 radical (unpaired) electrons. The van der Waals surface area contributed by atoms with Gasteiger partial charge in [0.15, 0.2) is 0 Å². The summed E-state index contributed by atoms with van der Waals surface area (Å²) in [5.41, 5.74) is 2.64. The molecule has 1 unspecified atom stereocenters. The van der Waals surface area contributed by atoms with Gasteiger partial charge in [-0.15, -0.1) is 0 Å². The number of morpholine rings is 1. The molecular formula is C13H23NO. The Morgan fingerprint density at radius 1 is 1.33 bits per heavy atom. The van der Waals surface area contributed by atoms with E-state index in [-0.39, 0.29) is 0 Å². The molecule has 0 saturated carbocycles. The molecule has 1 aliphatic heterocycles. The van der Waals surface area contributed by atoms with E-state index in [1.165, 1.54) is 11.1 Å². The highest BCUT2D eigenvalue weighted by Crippen LogP contribution is 2.16. The van der Waals surface area contributed by atoms with Crippen LogP contribution in [0.4, 0.5) is 0 Å². The quantitative estimate of drug-likeness (QED) is 0.660. The van der Waals surface area contributed by atoms with Gasteiger partial charge in [-0.1, -0.05) is 23.8 Å². The van der Waals surface area contributed by atoms with Gasteiger partial charge in [0.1, 0.15) is 0 Å². The number of ether oxygens (including phenoxy) is 1. The van der Waals surface area contributed by atoms with E-state index in [0.29, 0.717) is 6.04 Å². The summed E-state index contributed by atoms with van der Waals surface area (Å²) in [6.07, 6.45) is 3.38. The number of hydrogen-bond donors (Lipinski definition) is 0. The van der Waals surface area contributed by atoms with Crippen molar-refractivity contribution < 1.29 is 4.74 Å². The van der Waals surface area contributed by atoms with Crippen LogP contribution in [0, 0.1) is 0 Å². The number of allylic oxidation sites excluding steroid dienone is 1. The van der Waals surface area contributed by atoms with E-state index < -0.39 is 0 Å². The van der Waals surface area contributed by atoms with Gasteiger partial charge in [-0.3, -0.25) is 4.90 Å². The first kappa shape index (κ1) is 12.5. The minimum Gasteiger partial charge on any atom is -0.379 e. The van der Waals surface area contributed by atoms with E-state index in [9.17, 15) is 0 Å². The van der Waals surface area contributed by atoms with Crippen LogP contribution in [0.1, 0.15) is 27.2 Å². The lowest BCUT2D eigenvalue weighted by Crippen LogP contribution is -2.43. The van der Waals surface area contributed by atoms with Gasteiger partial charge in [0.05, 0.1) is 13.2 Å². The first-order valence-corrected chi connectivity index (χ1v) is 5.72. The topological polar surface area (TPSA) is 12.5 Å². The van der Waals surface area contributed by atoms with Crippen LogP contribution in [0.25, 0.3) is 0 Å². The van der Waals surface area contributed by atoms with Crippen molar-refractivity contribution in [3.63, 3.8) is 0 Å². The van der Waals surface area contributed by atoms with Crippen molar-refractivity contribution in [2.45, 2.75) is 33.2 Å². The Labute approximate surface area is 93.6 Å². The Bertz CT molecular complexity index is 235. The van der Waals surface area contributed by atoms with Gasteiger partial charge in [0.25, 0.3) is 0 Å². The molecule has 2 nitrogen and oxygen atoms in total. The van der Waals surface area contributed by atoms with Crippen LogP contribution in [0.5, 0.6) is 0 Å². The second-order valence-electron chi connectivity index (χ2n) is 4.53. The zero-order valence-corrected chi connectivity index (χ0v) is 10.3. The third-order valence-electron chi connectivity index (χ3n) is 2.80. The third-order valence-corrected chi connectivity index (χ3v) is 2.80. The van der Waals surface area contributed by atoms with E-state index in [4.69, 9.17) is 4.74 Å². The SMILES string of the molecule is C=C(C)C(CC=C(C)C)N1CCOCC1. The largest absolute Gasteiger partial charge is 0.379 e. The predicted octanol–water partition coefficient (Wildman–Crippen LogP) is 2.62. The van der Waals surface area contributed by atoms with Gasteiger partial charge in [-0.25, -0.2) is 0 Å². The predicted molar refractivity (Wildman–Crippen MR) is 65.0 cm³/mol. The maximum Gasteiger partial charge on any atom is 0.0594 e. The maximum atomic E-state index is 5.37. The average molecular weight is 209 g/mol. The van der Waals surface area contributed by atoms with Gasteiger partial charge >= 0.3 is 0 Å². The van der Waals surface area contributed by atoms with Gasteiger partial charge < -0.3 is 4.74 Å². The lowest BCUT2D eigenvalue weighted by Gasteiger charge is -2.34. The second kappa shape index (κ2) is 6.09. The van der Waals surface area contributed by atoms with Crippen molar-refractivity contribution in [2.24, 2.45) is 0 Å². The number of hydrogen-bond acceptors (Lipinski definition) is 2. The molecule has 1 rings (SSSR count). The summed E-state index contributed by atoms with van der Waals surface area (Å²) >= 11 is 0. The molecule has 0 N–H and O–H groups in total. The lowest BCUT2D eigenvalue weighted by molar-refractivity contribution is 0.0242. The van der Waals surface area contributed by atoms with E-state index in [1.807, 2.05) is 0 Å². The van der Waals surface area contributed by atoms with Crippen molar-refractivity contribution in [2.75, 3.05) is 26.3 Å². The average Bonchev–Trinajstić information content (AvgIpc) is 2.18. The molecular weight excluding hydrogens is 186 g/mol. The van der Waals surface area contributed by atoms with Crippen LogP contribution in [0.15, 0.2) is 23.8 Å². The molecule has 86 valence electrons. The smallest absolute Gasteiger partial charge is 0.0594 e. The fourth-order valence-corrected chi connectivity index (χ4v) is 1.90. The van der Waals surface area contributed by atoms with Crippen LogP contribution < -0.4 is 0 Å². The highest BCUT2D eigenvalue weighted by molar-refractivity contribution is 5.08. The molecule has 0 bridgehead atoms. The first-order chi connectivity index (χ1) is 7.11. The van der Waals surface area contributed by atoms with Gasteiger partial charge in [-0.05, 0) is 27.2 Å². The lowest BCUT2D eigenvalue weighted by atomic mass is 10.0. The van der Waals surface area contributed by atoms with E-state index in [2.05, 4.69) is 38.3 Å². The minimum atomic E-state index is 0.490. The molecule has 0 aromatic carbocycles. The van der Waals surface area contributed by atoms with Crippen molar-refractivity contribution in [1.82, 2.24) is 4.90 Å². The van der Waals surface area contributed by atoms with Gasteiger partial charge in [-0.2, -0.15) is 0 Å². The molecule has 1 fully saturated rings. The summed E-state index contributed by atoms with van der Waals surface area (Å²) in [6, 6.07) is 0.490. The molecule has 1 saturated heterocycles. The molecule has 0 spiro atoms. The highest BCUT2D eigenvalue weighted by atomic mass is 16.5. The van der Waals surface area contributed by atoms with Gasteiger partial charge in [0.2, 0.25) is 0 Å². The standard InChI is InChI=1S/C13H23NO/c1-11(2)5-6-13(12(3)4)14-7-9-15-10-8-14/h5,13H,3,6-10H2,1-2,4H3. The van der Waals surface area contributed by atoms with Crippen LogP contribution in [-0.2, 0) is 4.74 Å². The van der Waals surface area contributed by atoms with E-state index in [1.54, 1.807) is 0 Å². The third kappa shape index (κ3) is 4.18. The Balaban J connectivity index is 2.56. The molecule has 15 heavy (non-hydrogen) atoms. The molecule has 0 aromatic rings. The highest BCUT2D eigenvalue weighted by Gasteiger charge is 2.20. The Morgan fingerprint density at radius 2 is 1.93 bits per heavy atom. The Kier molecular flexibility index (Phi) is 5.06. The number of nitrogens with zero attached hydrogens (tertiary/aromatic N) is 1. The summed E-state index contributed by atoms with van der Waals surface area (Å²) < 4.78 is 5.37. The van der Waals surface area contributed by atoms with Crippen LogP contribution in [0.2, 0.25) is 0 Å². The summed E-state index contributed by atoms with van der Waals surface area (Å²) in [7, 11) is 0. The zero-order chi connectivity index (χ0) is 11.3. The minimum absolute atomic E-state index is 0.490. The van der Waals surface area contributed by atoms with Crippen molar-refractivity contribution in [1.29, 1.82) is 0 Å². The molecule has 2 heteroatoms. The molecule has 1 atom stereocenters. The monoisotopic (exact) mass is 209 g/mol.